The second-order valence-electron chi connectivity index (χ2n) is 5.42. The van der Waals surface area contributed by atoms with Crippen LogP contribution >= 0.6 is 11.6 Å². The number of methoxy groups -OCH3 is 1. The van der Waals surface area contributed by atoms with Crippen LogP contribution in [0.5, 0.6) is 5.75 Å². The van der Waals surface area contributed by atoms with E-state index in [2.05, 4.69) is 4.74 Å². The normalized spacial score (nSPS) is 11.4. The number of carbonyl (C=O) groups excluding carboxylic acids is 1. The van der Waals surface area contributed by atoms with Crippen LogP contribution in [0.25, 0.3) is 0 Å². The molecular formula is C18H17ClF2O3. The van der Waals surface area contributed by atoms with E-state index < -0.39 is 28.2 Å². The molecule has 0 bridgehead atoms. The van der Waals surface area contributed by atoms with Crippen molar-refractivity contribution in [3.63, 3.8) is 0 Å². The van der Waals surface area contributed by atoms with Gasteiger partial charge in [0, 0.05) is 0 Å². The SMILES string of the molecule is COC(=O)c1c(C(F)(F)Cl)cc(C)c(CCc2ccccc2)c1O. The summed E-state index contributed by atoms with van der Waals surface area (Å²) in [6, 6.07) is 10.6. The molecule has 2 aromatic carbocycles. The number of phenols is 1. The largest absolute Gasteiger partial charge is 0.507 e. The van der Waals surface area contributed by atoms with Crippen molar-refractivity contribution in [1.82, 2.24) is 0 Å². The average Bonchev–Trinajstić information content (AvgIpc) is 2.53. The summed E-state index contributed by atoms with van der Waals surface area (Å²) >= 11 is 5.08. The van der Waals surface area contributed by atoms with E-state index in [1.165, 1.54) is 0 Å². The lowest BCUT2D eigenvalue weighted by molar-refractivity contribution is 0.0566. The Morgan fingerprint density at radius 3 is 2.42 bits per heavy atom. The molecule has 6 heteroatoms. The molecule has 1 N–H and O–H groups in total. The van der Waals surface area contributed by atoms with Crippen molar-refractivity contribution >= 4 is 17.6 Å². The van der Waals surface area contributed by atoms with Gasteiger partial charge in [-0.2, -0.15) is 8.78 Å². The van der Waals surface area contributed by atoms with Crippen molar-refractivity contribution in [2.24, 2.45) is 0 Å². The van der Waals surface area contributed by atoms with Gasteiger partial charge >= 0.3 is 11.4 Å². The predicted octanol–water partition coefficient (Wildman–Crippen LogP) is 4.56. The molecule has 0 aromatic heterocycles. The number of benzene rings is 2. The molecule has 0 spiro atoms. The molecule has 0 unspecified atom stereocenters. The van der Waals surface area contributed by atoms with Crippen LogP contribution in [0.15, 0.2) is 36.4 Å². The highest BCUT2D eigenvalue weighted by molar-refractivity contribution is 6.22. The fourth-order valence-corrected chi connectivity index (χ4v) is 2.75. The number of alkyl halides is 3. The summed E-state index contributed by atoms with van der Waals surface area (Å²) in [7, 11) is 1.06. The maximum Gasteiger partial charge on any atom is 0.349 e. The minimum Gasteiger partial charge on any atom is -0.507 e. The third-order valence-electron chi connectivity index (χ3n) is 3.83. The van der Waals surface area contributed by atoms with Crippen molar-refractivity contribution < 1.29 is 23.4 Å². The topological polar surface area (TPSA) is 46.5 Å². The van der Waals surface area contributed by atoms with E-state index in [-0.39, 0.29) is 0 Å². The number of hydrogen-bond donors (Lipinski definition) is 1. The van der Waals surface area contributed by atoms with Gasteiger partial charge in [-0.05, 0) is 54.1 Å². The van der Waals surface area contributed by atoms with Crippen molar-refractivity contribution in [1.29, 1.82) is 0 Å². The quantitative estimate of drug-likeness (QED) is 0.632. The molecule has 0 aliphatic rings. The number of aromatic hydroxyl groups is 1. The molecule has 0 radical (unpaired) electrons. The van der Waals surface area contributed by atoms with Crippen LogP contribution in [-0.2, 0) is 23.0 Å². The van der Waals surface area contributed by atoms with Crippen molar-refractivity contribution in [3.05, 3.63) is 64.2 Å². The van der Waals surface area contributed by atoms with Gasteiger partial charge < -0.3 is 9.84 Å². The molecule has 0 saturated carbocycles. The Balaban J connectivity index is 2.47. The zero-order valence-corrected chi connectivity index (χ0v) is 14.0. The lowest BCUT2D eigenvalue weighted by Crippen LogP contribution is -2.15. The maximum atomic E-state index is 13.6. The number of rotatable bonds is 5. The summed E-state index contributed by atoms with van der Waals surface area (Å²) in [6.07, 6.45) is 0.978. The molecule has 0 saturated heterocycles. The summed E-state index contributed by atoms with van der Waals surface area (Å²) in [5, 5.41) is 6.61. The van der Waals surface area contributed by atoms with Crippen LogP contribution in [0, 0.1) is 6.92 Å². The van der Waals surface area contributed by atoms with Crippen molar-refractivity contribution in [3.8, 4) is 5.75 Å². The van der Waals surface area contributed by atoms with Crippen molar-refractivity contribution in [2.45, 2.75) is 25.1 Å². The summed E-state index contributed by atoms with van der Waals surface area (Å²) in [4.78, 5) is 11.9. The first-order chi connectivity index (χ1) is 11.3. The summed E-state index contributed by atoms with van der Waals surface area (Å²) < 4.78 is 31.7. The van der Waals surface area contributed by atoms with Gasteiger partial charge in [0.15, 0.2) is 0 Å². The molecule has 0 aliphatic carbocycles. The summed E-state index contributed by atoms with van der Waals surface area (Å²) in [6.45, 7) is 1.59. The number of aryl methyl sites for hydroxylation is 2. The van der Waals surface area contributed by atoms with E-state index >= 15 is 0 Å². The maximum absolute atomic E-state index is 13.6. The van der Waals surface area contributed by atoms with Gasteiger partial charge in [-0.15, -0.1) is 0 Å². The van der Waals surface area contributed by atoms with Crippen molar-refractivity contribution in [2.75, 3.05) is 7.11 Å². The first kappa shape index (κ1) is 18.2. The molecule has 0 amide bonds. The number of esters is 1. The fourth-order valence-electron chi connectivity index (χ4n) is 2.60. The molecule has 2 aromatic rings. The highest BCUT2D eigenvalue weighted by Gasteiger charge is 2.36. The predicted molar refractivity (Wildman–Crippen MR) is 87.8 cm³/mol. The Kier molecular flexibility index (Phi) is 5.44. The first-order valence-electron chi connectivity index (χ1n) is 7.30. The molecule has 0 fully saturated rings. The van der Waals surface area contributed by atoms with Gasteiger partial charge in [-0.25, -0.2) is 4.79 Å². The highest BCUT2D eigenvalue weighted by atomic mass is 35.5. The van der Waals surface area contributed by atoms with Crippen LogP contribution < -0.4 is 0 Å². The highest BCUT2D eigenvalue weighted by Crippen LogP contribution is 2.41. The molecular weight excluding hydrogens is 338 g/mol. The zero-order chi connectivity index (χ0) is 17.9. The van der Waals surface area contributed by atoms with Gasteiger partial charge in [-0.3, -0.25) is 0 Å². The number of halogens is 3. The third kappa shape index (κ3) is 3.85. The standard InChI is InChI=1S/C18H17ClF2O3/c1-11-10-14(18(19,20)21)15(17(23)24-2)16(22)13(11)9-8-12-6-4-3-5-7-12/h3-7,10,22H,8-9H2,1-2H3. The van der Waals surface area contributed by atoms with Crippen LogP contribution in [0.3, 0.4) is 0 Å². The monoisotopic (exact) mass is 354 g/mol. The van der Waals surface area contributed by atoms with E-state index in [9.17, 15) is 18.7 Å². The Labute approximate surface area is 143 Å². The minimum absolute atomic E-state index is 0.389. The minimum atomic E-state index is -3.79. The Hall–Kier alpha value is -2.14. The lowest BCUT2D eigenvalue weighted by atomic mass is 9.93. The molecule has 0 aliphatic heterocycles. The number of carbonyl (C=O) groups is 1. The average molecular weight is 355 g/mol. The van der Waals surface area contributed by atoms with Gasteiger partial charge in [0.25, 0.3) is 0 Å². The first-order valence-corrected chi connectivity index (χ1v) is 7.68. The molecule has 2 rings (SSSR count). The number of ether oxygens (including phenoxy) is 1. The summed E-state index contributed by atoms with van der Waals surface area (Å²) in [5.74, 6) is -1.56. The van der Waals surface area contributed by atoms with Crippen LogP contribution in [0.2, 0.25) is 0 Å². The second-order valence-corrected chi connectivity index (χ2v) is 5.89. The van der Waals surface area contributed by atoms with Crippen LogP contribution in [0.4, 0.5) is 8.78 Å². The van der Waals surface area contributed by atoms with E-state index in [0.29, 0.717) is 24.0 Å². The molecule has 24 heavy (non-hydrogen) atoms. The fraction of sp³-hybridized carbons (Fsp3) is 0.278. The van der Waals surface area contributed by atoms with E-state index in [1.807, 2.05) is 30.3 Å². The Bertz CT molecular complexity index is 740. The molecule has 0 heterocycles. The van der Waals surface area contributed by atoms with Gasteiger partial charge in [0.1, 0.15) is 11.3 Å². The van der Waals surface area contributed by atoms with Gasteiger partial charge in [-0.1, -0.05) is 30.3 Å². The number of phenolic OH excluding ortho intramolecular Hbond substituents is 1. The smallest absolute Gasteiger partial charge is 0.349 e. The van der Waals surface area contributed by atoms with Gasteiger partial charge in [0.2, 0.25) is 0 Å². The molecule has 3 nitrogen and oxygen atoms in total. The van der Waals surface area contributed by atoms with Gasteiger partial charge in [0.05, 0.1) is 12.7 Å². The van der Waals surface area contributed by atoms with Crippen LogP contribution in [0.1, 0.15) is 32.6 Å². The van der Waals surface area contributed by atoms with E-state index in [0.717, 1.165) is 18.7 Å². The number of hydrogen-bond acceptors (Lipinski definition) is 3. The molecule has 128 valence electrons. The Morgan fingerprint density at radius 1 is 1.25 bits per heavy atom. The lowest BCUT2D eigenvalue weighted by Gasteiger charge is -2.18. The van der Waals surface area contributed by atoms with Crippen LogP contribution in [-0.4, -0.2) is 18.2 Å². The van der Waals surface area contributed by atoms with E-state index in [4.69, 9.17) is 11.6 Å². The Morgan fingerprint density at radius 2 is 1.88 bits per heavy atom. The van der Waals surface area contributed by atoms with E-state index in [1.54, 1.807) is 6.92 Å². The second kappa shape index (κ2) is 7.18. The third-order valence-corrected chi connectivity index (χ3v) is 4.03. The zero-order valence-electron chi connectivity index (χ0n) is 13.3. The summed E-state index contributed by atoms with van der Waals surface area (Å²) in [5.41, 5.74) is 0.540. The molecule has 0 atom stereocenters.